The lowest BCUT2D eigenvalue weighted by Crippen LogP contribution is -2.29. The predicted molar refractivity (Wildman–Crippen MR) is 97.1 cm³/mol. The second-order valence-corrected chi connectivity index (χ2v) is 9.04. The standard InChI is InChI=1S/C17H17ClN2O2S2/c18-15-8-7-14(24-15)17(22)20-9-1-2-11(20)12-5-6-13(23-12)16(21)19-10-3-4-10/h5-8,10-11H,1-4,9H2,(H,19,21). The quantitative estimate of drug-likeness (QED) is 0.858. The van der Waals surface area contributed by atoms with Crippen molar-refractivity contribution in [3.63, 3.8) is 0 Å². The van der Waals surface area contributed by atoms with Crippen molar-refractivity contribution < 1.29 is 9.59 Å². The Balaban J connectivity index is 1.51. The zero-order valence-corrected chi connectivity index (χ0v) is 15.3. The van der Waals surface area contributed by atoms with Crippen molar-refractivity contribution in [3.05, 3.63) is 43.2 Å². The molecule has 2 fully saturated rings. The van der Waals surface area contributed by atoms with Gasteiger partial charge < -0.3 is 10.2 Å². The predicted octanol–water partition coefficient (Wildman–Crippen LogP) is 4.33. The van der Waals surface area contributed by atoms with Gasteiger partial charge in [0.05, 0.1) is 20.1 Å². The van der Waals surface area contributed by atoms with Crippen LogP contribution >= 0.6 is 34.3 Å². The van der Waals surface area contributed by atoms with E-state index >= 15 is 0 Å². The molecule has 1 saturated carbocycles. The van der Waals surface area contributed by atoms with E-state index in [0.717, 1.165) is 42.0 Å². The Morgan fingerprint density at radius 1 is 1.08 bits per heavy atom. The van der Waals surface area contributed by atoms with E-state index < -0.39 is 0 Å². The number of carbonyl (C=O) groups excluding carboxylic acids is 2. The summed E-state index contributed by atoms with van der Waals surface area (Å²) in [6.07, 6.45) is 4.09. The van der Waals surface area contributed by atoms with Gasteiger partial charge in [-0.1, -0.05) is 11.6 Å². The molecule has 0 spiro atoms. The van der Waals surface area contributed by atoms with Crippen LogP contribution in [0, 0.1) is 0 Å². The maximum absolute atomic E-state index is 12.7. The van der Waals surface area contributed by atoms with E-state index in [0.29, 0.717) is 15.3 Å². The van der Waals surface area contributed by atoms with Gasteiger partial charge in [0.15, 0.2) is 0 Å². The van der Waals surface area contributed by atoms with Crippen LogP contribution in [0.4, 0.5) is 0 Å². The van der Waals surface area contributed by atoms with Gasteiger partial charge in [0, 0.05) is 17.5 Å². The number of rotatable bonds is 4. The SMILES string of the molecule is O=C(NC1CC1)c1ccc(C2CCCN2C(=O)c2ccc(Cl)s2)s1. The van der Waals surface area contributed by atoms with Crippen molar-refractivity contribution in [1.82, 2.24) is 10.2 Å². The Morgan fingerprint density at radius 2 is 1.88 bits per heavy atom. The highest BCUT2D eigenvalue weighted by atomic mass is 35.5. The number of halogens is 1. The minimum absolute atomic E-state index is 0.00895. The number of hydrogen-bond donors (Lipinski definition) is 1. The van der Waals surface area contributed by atoms with Crippen LogP contribution < -0.4 is 5.32 Å². The van der Waals surface area contributed by atoms with Crippen molar-refractivity contribution >= 4 is 46.1 Å². The van der Waals surface area contributed by atoms with Crippen molar-refractivity contribution in [2.75, 3.05) is 6.54 Å². The highest BCUT2D eigenvalue weighted by Gasteiger charge is 2.33. The van der Waals surface area contributed by atoms with Gasteiger partial charge in [-0.05, 0) is 49.9 Å². The summed E-state index contributed by atoms with van der Waals surface area (Å²) >= 11 is 8.77. The van der Waals surface area contributed by atoms with Crippen LogP contribution in [0.25, 0.3) is 0 Å². The Morgan fingerprint density at radius 3 is 2.58 bits per heavy atom. The van der Waals surface area contributed by atoms with E-state index in [2.05, 4.69) is 5.32 Å². The largest absolute Gasteiger partial charge is 0.349 e. The Hall–Kier alpha value is -1.37. The maximum Gasteiger partial charge on any atom is 0.264 e. The molecule has 1 saturated heterocycles. The summed E-state index contributed by atoms with van der Waals surface area (Å²) in [7, 11) is 0. The Bertz CT molecular complexity index is 781. The lowest BCUT2D eigenvalue weighted by Gasteiger charge is -2.23. The molecule has 1 atom stereocenters. The summed E-state index contributed by atoms with van der Waals surface area (Å²) in [6.45, 7) is 0.751. The lowest BCUT2D eigenvalue weighted by molar-refractivity contribution is 0.0742. The summed E-state index contributed by atoms with van der Waals surface area (Å²) in [5.41, 5.74) is 0. The van der Waals surface area contributed by atoms with Crippen molar-refractivity contribution in [3.8, 4) is 0 Å². The third-order valence-electron chi connectivity index (χ3n) is 4.39. The van der Waals surface area contributed by atoms with Gasteiger partial charge in [-0.2, -0.15) is 0 Å². The van der Waals surface area contributed by atoms with Gasteiger partial charge in [-0.15, -0.1) is 22.7 Å². The van der Waals surface area contributed by atoms with Crippen LogP contribution in [-0.4, -0.2) is 29.3 Å². The lowest BCUT2D eigenvalue weighted by atomic mass is 10.2. The van der Waals surface area contributed by atoms with Crippen LogP contribution in [0.5, 0.6) is 0 Å². The molecule has 2 aromatic rings. The van der Waals surface area contributed by atoms with Gasteiger partial charge >= 0.3 is 0 Å². The number of amides is 2. The van der Waals surface area contributed by atoms with E-state index in [1.165, 1.54) is 22.7 Å². The molecule has 126 valence electrons. The fraction of sp³-hybridized carbons (Fsp3) is 0.412. The summed E-state index contributed by atoms with van der Waals surface area (Å²) in [4.78, 5) is 29.3. The number of nitrogens with one attached hydrogen (secondary N) is 1. The van der Waals surface area contributed by atoms with Crippen LogP contribution in [0.3, 0.4) is 0 Å². The zero-order valence-electron chi connectivity index (χ0n) is 13.0. The van der Waals surface area contributed by atoms with Gasteiger partial charge in [-0.3, -0.25) is 9.59 Å². The Labute approximate surface area is 153 Å². The summed E-state index contributed by atoms with van der Waals surface area (Å²) in [5, 5.41) is 3.01. The molecule has 0 bridgehead atoms. The first-order chi connectivity index (χ1) is 11.6. The summed E-state index contributed by atoms with van der Waals surface area (Å²) in [5.74, 6) is 0.0430. The number of carbonyl (C=O) groups is 2. The molecule has 4 nitrogen and oxygen atoms in total. The van der Waals surface area contributed by atoms with E-state index in [1.54, 1.807) is 12.1 Å². The van der Waals surface area contributed by atoms with E-state index in [4.69, 9.17) is 11.6 Å². The molecule has 2 amide bonds. The summed E-state index contributed by atoms with van der Waals surface area (Å²) in [6, 6.07) is 7.83. The van der Waals surface area contributed by atoms with E-state index in [1.807, 2.05) is 17.0 Å². The minimum Gasteiger partial charge on any atom is -0.349 e. The molecular weight excluding hydrogens is 364 g/mol. The monoisotopic (exact) mass is 380 g/mol. The summed E-state index contributed by atoms with van der Waals surface area (Å²) < 4.78 is 0.629. The molecule has 2 aromatic heterocycles. The molecular formula is C17H17ClN2O2S2. The molecule has 2 aliphatic rings. The van der Waals surface area contributed by atoms with E-state index in [9.17, 15) is 9.59 Å². The second kappa shape index (κ2) is 6.50. The molecule has 1 unspecified atom stereocenters. The number of thiophene rings is 2. The topological polar surface area (TPSA) is 49.4 Å². The van der Waals surface area contributed by atoms with Crippen LogP contribution in [0.15, 0.2) is 24.3 Å². The average molecular weight is 381 g/mol. The van der Waals surface area contributed by atoms with Gasteiger partial charge in [0.1, 0.15) is 0 Å². The molecule has 1 aliphatic carbocycles. The zero-order chi connectivity index (χ0) is 16.7. The normalized spacial score (nSPS) is 20.4. The van der Waals surface area contributed by atoms with Crippen LogP contribution in [0.2, 0.25) is 4.34 Å². The molecule has 1 aliphatic heterocycles. The smallest absolute Gasteiger partial charge is 0.264 e. The first-order valence-electron chi connectivity index (χ1n) is 8.09. The molecule has 24 heavy (non-hydrogen) atoms. The van der Waals surface area contributed by atoms with Crippen molar-refractivity contribution in [2.24, 2.45) is 0 Å². The highest BCUT2D eigenvalue weighted by Crippen LogP contribution is 2.38. The molecule has 7 heteroatoms. The number of nitrogens with zero attached hydrogens (tertiary/aromatic N) is 1. The Kier molecular flexibility index (Phi) is 4.37. The first-order valence-corrected chi connectivity index (χ1v) is 10.1. The van der Waals surface area contributed by atoms with Crippen LogP contribution in [0.1, 0.15) is 55.9 Å². The van der Waals surface area contributed by atoms with Crippen molar-refractivity contribution in [2.45, 2.75) is 37.8 Å². The molecule has 0 aromatic carbocycles. The second-order valence-electron chi connectivity index (χ2n) is 6.21. The molecule has 3 heterocycles. The maximum atomic E-state index is 12.7. The van der Waals surface area contributed by atoms with Crippen LogP contribution in [-0.2, 0) is 0 Å². The van der Waals surface area contributed by atoms with Gasteiger partial charge in [0.25, 0.3) is 11.8 Å². The average Bonchev–Trinajstić information content (AvgIpc) is 3.02. The highest BCUT2D eigenvalue weighted by molar-refractivity contribution is 7.18. The fourth-order valence-corrected chi connectivity index (χ4v) is 5.07. The third kappa shape index (κ3) is 3.23. The number of likely N-dealkylation sites (tertiary alicyclic amines) is 1. The molecule has 1 N–H and O–H groups in total. The van der Waals surface area contributed by atoms with Crippen molar-refractivity contribution in [1.29, 1.82) is 0 Å². The van der Waals surface area contributed by atoms with Gasteiger partial charge in [-0.25, -0.2) is 0 Å². The third-order valence-corrected chi connectivity index (χ3v) is 6.79. The first kappa shape index (κ1) is 16.1. The van der Waals surface area contributed by atoms with Gasteiger partial charge in [0.2, 0.25) is 0 Å². The molecule has 4 rings (SSSR count). The number of hydrogen-bond acceptors (Lipinski definition) is 4. The molecule has 0 radical (unpaired) electrons. The minimum atomic E-state index is 0.00895. The van der Waals surface area contributed by atoms with E-state index in [-0.39, 0.29) is 17.9 Å². The fourth-order valence-electron chi connectivity index (χ4n) is 3.01.